The van der Waals surface area contributed by atoms with Crippen LogP contribution in [0.2, 0.25) is 0 Å². The van der Waals surface area contributed by atoms with Crippen LogP contribution in [0.3, 0.4) is 0 Å². The Bertz CT molecular complexity index is 50.8. The largest absolute Gasteiger partial charge is 0.322 e. The lowest BCUT2D eigenvalue weighted by atomic mass is 10.2. The van der Waals surface area contributed by atoms with Gasteiger partial charge in [0.05, 0.1) is 0 Å². The number of halogens is 3. The molecule has 0 bridgehead atoms. The monoisotopic (exact) mass is 274 g/mol. The molecule has 0 nitrogen and oxygen atoms in total. The molecule has 0 aliphatic rings. The molecule has 0 aromatic rings. The summed E-state index contributed by atoms with van der Waals surface area (Å²) in [5.41, 5.74) is 0. The Balaban J connectivity index is 3.03. The van der Waals surface area contributed by atoms with Gasteiger partial charge in [-0.15, -0.1) is 31.5 Å². The Kier molecular flexibility index (Phi) is 5.32. The van der Waals surface area contributed by atoms with Crippen molar-refractivity contribution >= 4 is 51.8 Å². The van der Waals surface area contributed by atoms with E-state index in [9.17, 15) is 0 Å². The lowest BCUT2D eigenvalue weighted by Gasteiger charge is -1.74. The van der Waals surface area contributed by atoms with Crippen molar-refractivity contribution in [3.63, 3.8) is 0 Å². The van der Waals surface area contributed by atoms with Crippen molar-refractivity contribution < 1.29 is 0 Å². The van der Waals surface area contributed by atoms with E-state index in [0.717, 1.165) is 0 Å². The molecule has 4 heteroatoms. The molecule has 0 saturated carbocycles. The number of rotatable bonds is 1. The quantitative estimate of drug-likeness (QED) is 0.646. The van der Waals surface area contributed by atoms with Gasteiger partial charge in [0.2, 0.25) is 0 Å². The smallest absolute Gasteiger partial charge is 0.133 e. The summed E-state index contributed by atoms with van der Waals surface area (Å²) in [5, 5.41) is 0. The SMILES string of the molecule is Br/C=C/B(Br)Br. The van der Waals surface area contributed by atoms with E-state index in [0.29, 0.717) is 4.36 Å². The minimum atomic E-state index is 0.296. The third kappa shape index (κ3) is 5.24. The van der Waals surface area contributed by atoms with E-state index in [1.807, 2.05) is 5.98 Å². The molecule has 0 aromatic heterocycles. The molecular formula is C2H2BBr3. The molecule has 0 aromatic carbocycles. The standard InChI is InChI=1S/C2H2BBr3/c4-2-1-3(5)6/h1-2H/b2-1+. The minimum absolute atomic E-state index is 0.296. The Morgan fingerprint density at radius 2 is 1.83 bits per heavy atom. The zero-order chi connectivity index (χ0) is 4.99. The van der Waals surface area contributed by atoms with Crippen LogP contribution in [0.15, 0.2) is 11.0 Å². The first-order chi connectivity index (χ1) is 2.77. The van der Waals surface area contributed by atoms with Crippen LogP contribution < -0.4 is 0 Å². The van der Waals surface area contributed by atoms with Crippen molar-refractivity contribution in [3.05, 3.63) is 11.0 Å². The summed E-state index contributed by atoms with van der Waals surface area (Å²) in [4.78, 5) is 1.79. The predicted molar refractivity (Wildman–Crippen MR) is 41.7 cm³/mol. The van der Waals surface area contributed by atoms with Gasteiger partial charge in [-0.25, -0.2) is 0 Å². The molecule has 0 saturated heterocycles. The van der Waals surface area contributed by atoms with Crippen molar-refractivity contribution in [3.8, 4) is 0 Å². The van der Waals surface area contributed by atoms with Crippen molar-refractivity contribution in [2.75, 3.05) is 0 Å². The highest BCUT2D eigenvalue weighted by Gasteiger charge is 1.91. The Morgan fingerprint density at radius 3 is 1.83 bits per heavy atom. The molecule has 0 heterocycles. The van der Waals surface area contributed by atoms with Crippen molar-refractivity contribution in [2.24, 2.45) is 0 Å². The Hall–Kier alpha value is 1.24. The van der Waals surface area contributed by atoms with Gasteiger partial charge in [-0.1, -0.05) is 21.9 Å². The van der Waals surface area contributed by atoms with Gasteiger partial charge in [0.15, 0.2) is 0 Å². The van der Waals surface area contributed by atoms with E-state index in [-0.39, 0.29) is 0 Å². The number of hydrogen-bond acceptors (Lipinski definition) is 0. The fraction of sp³-hybridized carbons (Fsp3) is 0. The van der Waals surface area contributed by atoms with Gasteiger partial charge < -0.3 is 0 Å². The molecule has 0 rings (SSSR count). The minimum Gasteiger partial charge on any atom is -0.133 e. The lowest BCUT2D eigenvalue weighted by molar-refractivity contribution is 2.55. The topological polar surface area (TPSA) is 0 Å². The van der Waals surface area contributed by atoms with Gasteiger partial charge in [-0.3, -0.25) is 0 Å². The van der Waals surface area contributed by atoms with Crippen LogP contribution in [-0.4, -0.2) is 4.36 Å². The highest BCUT2D eigenvalue weighted by atomic mass is 79.9. The summed E-state index contributed by atoms with van der Waals surface area (Å²) in [6, 6.07) is 0. The molecule has 0 N–H and O–H groups in total. The second-order valence-corrected chi connectivity index (χ2v) is 4.38. The molecule has 0 aliphatic heterocycles. The first-order valence-electron chi connectivity index (χ1n) is 1.32. The highest BCUT2D eigenvalue weighted by Crippen LogP contribution is 2.03. The molecule has 0 spiro atoms. The Morgan fingerprint density at radius 1 is 1.33 bits per heavy atom. The van der Waals surface area contributed by atoms with Crippen LogP contribution in [0.5, 0.6) is 0 Å². The van der Waals surface area contributed by atoms with E-state index in [2.05, 4.69) is 47.4 Å². The van der Waals surface area contributed by atoms with Gasteiger partial charge in [0, 0.05) is 0 Å². The fourth-order valence-corrected chi connectivity index (χ4v) is 1.48. The fourth-order valence-electron chi connectivity index (χ4n) is 0.0550. The van der Waals surface area contributed by atoms with Crippen LogP contribution >= 0.6 is 47.4 Å². The summed E-state index contributed by atoms with van der Waals surface area (Å²) in [5.74, 6) is 1.92. The van der Waals surface area contributed by atoms with Crippen LogP contribution in [0, 0.1) is 0 Å². The van der Waals surface area contributed by atoms with Crippen LogP contribution in [0.25, 0.3) is 0 Å². The van der Waals surface area contributed by atoms with Crippen LogP contribution in [0.4, 0.5) is 0 Å². The second kappa shape index (κ2) is 4.41. The molecule has 6 heavy (non-hydrogen) atoms. The van der Waals surface area contributed by atoms with Crippen LogP contribution in [-0.2, 0) is 0 Å². The van der Waals surface area contributed by atoms with Gasteiger partial charge in [-0.2, -0.15) is 0 Å². The van der Waals surface area contributed by atoms with Crippen molar-refractivity contribution in [2.45, 2.75) is 0 Å². The normalized spacial score (nSPS) is 9.83. The van der Waals surface area contributed by atoms with E-state index < -0.39 is 0 Å². The summed E-state index contributed by atoms with van der Waals surface area (Å²) in [6.07, 6.45) is 0. The lowest BCUT2D eigenvalue weighted by Crippen LogP contribution is -1.77. The summed E-state index contributed by atoms with van der Waals surface area (Å²) < 4.78 is 0.296. The zero-order valence-electron chi connectivity index (χ0n) is 2.87. The maximum atomic E-state index is 3.23. The molecule has 0 unspecified atom stereocenters. The van der Waals surface area contributed by atoms with Crippen molar-refractivity contribution in [1.82, 2.24) is 0 Å². The van der Waals surface area contributed by atoms with E-state index in [1.54, 1.807) is 4.99 Å². The van der Waals surface area contributed by atoms with Crippen molar-refractivity contribution in [1.29, 1.82) is 0 Å². The predicted octanol–water partition coefficient (Wildman–Crippen LogP) is 2.71. The maximum Gasteiger partial charge on any atom is 0.322 e. The van der Waals surface area contributed by atoms with E-state index in [4.69, 9.17) is 0 Å². The molecule has 34 valence electrons. The molecular weight excluding hydrogens is 275 g/mol. The first-order valence-corrected chi connectivity index (χ1v) is 4.07. The highest BCUT2D eigenvalue weighted by molar-refractivity contribution is 9.49. The average Bonchev–Trinajstić information content (AvgIpc) is 1.35. The van der Waals surface area contributed by atoms with Gasteiger partial charge >= 0.3 is 4.36 Å². The van der Waals surface area contributed by atoms with Gasteiger partial charge in [-0.05, 0) is 4.99 Å². The molecule has 0 aliphatic carbocycles. The van der Waals surface area contributed by atoms with E-state index in [1.165, 1.54) is 0 Å². The Labute approximate surface area is 62.5 Å². The third-order valence-corrected chi connectivity index (χ3v) is 1.13. The molecule has 0 radical (unpaired) electrons. The first kappa shape index (κ1) is 7.24. The number of hydrogen-bond donors (Lipinski definition) is 0. The molecule has 0 atom stereocenters. The van der Waals surface area contributed by atoms with E-state index >= 15 is 0 Å². The average molecular weight is 277 g/mol. The molecule has 0 amide bonds. The second-order valence-electron chi connectivity index (χ2n) is 0.653. The summed E-state index contributed by atoms with van der Waals surface area (Å²) in [7, 11) is 0. The summed E-state index contributed by atoms with van der Waals surface area (Å²) >= 11 is 9.58. The van der Waals surface area contributed by atoms with Gasteiger partial charge in [0.1, 0.15) is 0 Å². The molecule has 0 fully saturated rings. The zero-order valence-corrected chi connectivity index (χ0v) is 7.62. The summed E-state index contributed by atoms with van der Waals surface area (Å²) in [6.45, 7) is 0. The van der Waals surface area contributed by atoms with Crippen LogP contribution in [0.1, 0.15) is 0 Å². The third-order valence-electron chi connectivity index (χ3n) is 0.218. The maximum absolute atomic E-state index is 3.23. The van der Waals surface area contributed by atoms with Gasteiger partial charge in [0.25, 0.3) is 0 Å².